The van der Waals surface area contributed by atoms with Crippen LogP contribution in [0.2, 0.25) is 0 Å². The minimum Gasteiger partial charge on any atom is -0.545 e. The Morgan fingerprint density at radius 2 is 1.93 bits per heavy atom. The van der Waals surface area contributed by atoms with Crippen LogP contribution in [-0.2, 0) is 4.79 Å². The highest BCUT2D eigenvalue weighted by atomic mass is 16.4. The molecule has 0 heterocycles. The first-order chi connectivity index (χ1) is 7.27. The van der Waals surface area contributed by atoms with E-state index in [0.29, 0.717) is 5.57 Å². The van der Waals surface area contributed by atoms with Gasteiger partial charge in [0, 0.05) is 5.57 Å². The molecule has 0 atom stereocenters. The standard InChI is InChI=1S/C13H16O2/c14-13(15)12(11-7-3-4-8-11)9-10-5-1-2-6-10/h5,7,9H,1-4,6,8H2,(H,14,15)/p-1. The first kappa shape index (κ1) is 10.2. The lowest BCUT2D eigenvalue weighted by Crippen LogP contribution is -2.25. The predicted octanol–water partition coefficient (Wildman–Crippen LogP) is 1.88. The Morgan fingerprint density at radius 3 is 2.47 bits per heavy atom. The molecule has 0 aromatic carbocycles. The van der Waals surface area contributed by atoms with E-state index in [4.69, 9.17) is 0 Å². The summed E-state index contributed by atoms with van der Waals surface area (Å²) < 4.78 is 0. The number of aliphatic carboxylic acids is 1. The third-order valence-electron chi connectivity index (χ3n) is 3.01. The molecule has 0 N–H and O–H groups in total. The minimum atomic E-state index is -1.03. The van der Waals surface area contributed by atoms with Crippen LogP contribution in [0, 0.1) is 0 Å². The highest BCUT2D eigenvalue weighted by Gasteiger charge is 2.12. The van der Waals surface area contributed by atoms with E-state index in [9.17, 15) is 9.90 Å². The molecule has 0 saturated carbocycles. The largest absolute Gasteiger partial charge is 0.545 e. The summed E-state index contributed by atoms with van der Waals surface area (Å²) >= 11 is 0. The second kappa shape index (κ2) is 4.47. The molecule has 15 heavy (non-hydrogen) atoms. The fraction of sp³-hybridized carbons (Fsp3) is 0.462. The molecule has 0 radical (unpaired) electrons. The minimum absolute atomic E-state index is 0.403. The van der Waals surface area contributed by atoms with E-state index >= 15 is 0 Å². The molecule has 2 aliphatic carbocycles. The van der Waals surface area contributed by atoms with Gasteiger partial charge in [0.1, 0.15) is 0 Å². The molecule has 0 saturated heterocycles. The van der Waals surface area contributed by atoms with Crippen molar-refractivity contribution in [3.63, 3.8) is 0 Å². The molecule has 2 heteroatoms. The van der Waals surface area contributed by atoms with Crippen molar-refractivity contribution in [2.24, 2.45) is 0 Å². The van der Waals surface area contributed by atoms with Crippen LogP contribution >= 0.6 is 0 Å². The zero-order chi connectivity index (χ0) is 10.7. The number of carbonyl (C=O) groups is 1. The van der Waals surface area contributed by atoms with Crippen molar-refractivity contribution in [1.29, 1.82) is 0 Å². The van der Waals surface area contributed by atoms with E-state index < -0.39 is 5.97 Å². The Bertz CT molecular complexity index is 359. The number of rotatable bonds is 3. The molecule has 80 valence electrons. The third-order valence-corrected chi connectivity index (χ3v) is 3.01. The molecule has 0 aromatic rings. The highest BCUT2D eigenvalue weighted by molar-refractivity contribution is 5.91. The molecule has 0 unspecified atom stereocenters. The van der Waals surface area contributed by atoms with Crippen molar-refractivity contribution in [3.8, 4) is 0 Å². The molecule has 0 amide bonds. The van der Waals surface area contributed by atoms with Crippen LogP contribution in [0.1, 0.15) is 38.5 Å². The van der Waals surface area contributed by atoms with Crippen LogP contribution in [0.15, 0.2) is 34.9 Å². The summed E-state index contributed by atoms with van der Waals surface area (Å²) in [5.41, 5.74) is 2.52. The van der Waals surface area contributed by atoms with Gasteiger partial charge in [-0.25, -0.2) is 0 Å². The molecular formula is C13H15O2-. The number of allylic oxidation sites excluding steroid dienone is 4. The van der Waals surface area contributed by atoms with Gasteiger partial charge in [-0.05, 0) is 50.2 Å². The summed E-state index contributed by atoms with van der Waals surface area (Å²) in [6.07, 6.45) is 12.1. The molecule has 2 rings (SSSR count). The lowest BCUT2D eigenvalue weighted by atomic mass is 10.0. The van der Waals surface area contributed by atoms with Crippen LogP contribution in [0.4, 0.5) is 0 Å². The Morgan fingerprint density at radius 1 is 1.20 bits per heavy atom. The Labute approximate surface area is 90.0 Å². The van der Waals surface area contributed by atoms with Crippen molar-refractivity contribution in [3.05, 3.63) is 34.9 Å². The summed E-state index contributed by atoms with van der Waals surface area (Å²) in [5, 5.41) is 11.0. The molecular weight excluding hydrogens is 188 g/mol. The maximum atomic E-state index is 11.0. The Hall–Kier alpha value is -1.31. The molecule has 0 bridgehead atoms. The zero-order valence-corrected chi connectivity index (χ0v) is 8.79. The van der Waals surface area contributed by atoms with Gasteiger partial charge in [0.05, 0.1) is 5.97 Å². The number of hydrogen-bond acceptors (Lipinski definition) is 2. The number of hydrogen-bond donors (Lipinski definition) is 0. The maximum absolute atomic E-state index is 11.0. The molecule has 0 fully saturated rings. The Balaban J connectivity index is 2.22. The predicted molar refractivity (Wildman–Crippen MR) is 57.0 cm³/mol. The highest BCUT2D eigenvalue weighted by Crippen LogP contribution is 2.27. The molecule has 2 nitrogen and oxygen atoms in total. The van der Waals surface area contributed by atoms with Crippen LogP contribution in [-0.4, -0.2) is 5.97 Å². The second-order valence-corrected chi connectivity index (χ2v) is 4.14. The van der Waals surface area contributed by atoms with E-state index in [2.05, 4.69) is 6.08 Å². The number of carboxylic acids is 1. The Kier molecular flexibility index (Phi) is 3.05. The van der Waals surface area contributed by atoms with Gasteiger partial charge < -0.3 is 9.90 Å². The van der Waals surface area contributed by atoms with Crippen molar-refractivity contribution in [2.75, 3.05) is 0 Å². The average molecular weight is 203 g/mol. The smallest absolute Gasteiger partial charge is 0.0718 e. The van der Waals surface area contributed by atoms with Crippen LogP contribution in [0.5, 0.6) is 0 Å². The fourth-order valence-electron chi connectivity index (χ4n) is 2.21. The summed E-state index contributed by atoms with van der Waals surface area (Å²) in [6, 6.07) is 0. The van der Waals surface area contributed by atoms with E-state index in [0.717, 1.165) is 49.7 Å². The van der Waals surface area contributed by atoms with E-state index in [1.165, 1.54) is 0 Å². The van der Waals surface area contributed by atoms with Gasteiger partial charge in [0.25, 0.3) is 0 Å². The van der Waals surface area contributed by atoms with E-state index in [-0.39, 0.29) is 0 Å². The first-order valence-electron chi connectivity index (χ1n) is 5.59. The number of carbonyl (C=O) groups excluding carboxylic acids is 1. The van der Waals surface area contributed by atoms with Gasteiger partial charge in [-0.3, -0.25) is 0 Å². The third kappa shape index (κ3) is 2.38. The van der Waals surface area contributed by atoms with Gasteiger partial charge in [-0.2, -0.15) is 0 Å². The van der Waals surface area contributed by atoms with Gasteiger partial charge in [0.15, 0.2) is 0 Å². The average Bonchev–Trinajstić information content (AvgIpc) is 2.87. The number of carboxylic acid groups (broad SMARTS) is 1. The molecule has 0 aliphatic heterocycles. The SMILES string of the molecule is O=C([O-])C(=CC1=CCCC1)C1=CCCC1. The quantitative estimate of drug-likeness (QED) is 0.657. The molecule has 0 aromatic heterocycles. The topological polar surface area (TPSA) is 40.1 Å². The zero-order valence-electron chi connectivity index (χ0n) is 8.79. The molecule has 0 spiro atoms. The maximum Gasteiger partial charge on any atom is 0.0718 e. The van der Waals surface area contributed by atoms with Gasteiger partial charge in [-0.1, -0.05) is 17.7 Å². The van der Waals surface area contributed by atoms with Crippen LogP contribution in [0.3, 0.4) is 0 Å². The summed E-state index contributed by atoms with van der Waals surface area (Å²) in [7, 11) is 0. The van der Waals surface area contributed by atoms with Crippen molar-refractivity contribution >= 4 is 5.97 Å². The van der Waals surface area contributed by atoms with Crippen LogP contribution in [0.25, 0.3) is 0 Å². The monoisotopic (exact) mass is 203 g/mol. The fourth-order valence-corrected chi connectivity index (χ4v) is 2.21. The second-order valence-electron chi connectivity index (χ2n) is 4.14. The van der Waals surface area contributed by atoms with Crippen molar-refractivity contribution in [1.82, 2.24) is 0 Å². The lowest BCUT2D eigenvalue weighted by Gasteiger charge is -2.10. The lowest BCUT2D eigenvalue weighted by molar-refractivity contribution is -0.298. The van der Waals surface area contributed by atoms with Crippen molar-refractivity contribution < 1.29 is 9.90 Å². The summed E-state index contributed by atoms with van der Waals surface area (Å²) in [4.78, 5) is 11.0. The molecule has 2 aliphatic rings. The van der Waals surface area contributed by atoms with E-state index in [1.807, 2.05) is 6.08 Å². The van der Waals surface area contributed by atoms with Crippen LogP contribution < -0.4 is 5.11 Å². The van der Waals surface area contributed by atoms with Gasteiger partial charge >= 0.3 is 0 Å². The normalized spacial score (nSPS) is 21.5. The summed E-state index contributed by atoms with van der Waals surface area (Å²) in [6.45, 7) is 0. The summed E-state index contributed by atoms with van der Waals surface area (Å²) in [5.74, 6) is -1.03. The first-order valence-corrected chi connectivity index (χ1v) is 5.59. The van der Waals surface area contributed by atoms with Gasteiger partial charge in [-0.15, -0.1) is 0 Å². The van der Waals surface area contributed by atoms with Crippen molar-refractivity contribution in [2.45, 2.75) is 38.5 Å². The van der Waals surface area contributed by atoms with E-state index in [1.54, 1.807) is 6.08 Å². The van der Waals surface area contributed by atoms with Gasteiger partial charge in [0.2, 0.25) is 0 Å².